The molecule has 2 aromatic rings. The van der Waals surface area contributed by atoms with E-state index in [0.29, 0.717) is 21.7 Å². The zero-order valence-electron chi connectivity index (χ0n) is 10.6. The highest BCUT2D eigenvalue weighted by molar-refractivity contribution is 7.99. The van der Waals surface area contributed by atoms with Crippen LogP contribution in [0.2, 0.25) is 5.02 Å². The van der Waals surface area contributed by atoms with Gasteiger partial charge in [-0.1, -0.05) is 37.2 Å². The lowest BCUT2D eigenvalue weighted by molar-refractivity contribution is 0.102. The van der Waals surface area contributed by atoms with Crippen LogP contribution in [0.15, 0.2) is 33.9 Å². The van der Waals surface area contributed by atoms with Crippen LogP contribution >= 0.6 is 23.4 Å². The fraction of sp³-hybridized carbons (Fsp3) is 0.308. The molecule has 19 heavy (non-hydrogen) atoms. The molecule has 0 bridgehead atoms. The molecule has 1 aromatic carbocycles. The average Bonchev–Trinajstić information content (AvgIpc) is 2.86. The van der Waals surface area contributed by atoms with Crippen LogP contribution in [-0.2, 0) is 0 Å². The lowest BCUT2D eigenvalue weighted by atomic mass is 10.1. The molecule has 0 fully saturated rings. The second kappa shape index (κ2) is 6.21. The number of aromatic nitrogens is 2. The Hall–Kier alpha value is -1.33. The van der Waals surface area contributed by atoms with Crippen LogP contribution in [0.4, 0.5) is 0 Å². The largest absolute Gasteiger partial charge is 0.416 e. The number of carbonyl (C=O) groups excluding carboxylic acids is 1. The van der Waals surface area contributed by atoms with Crippen LogP contribution in [0.25, 0.3) is 0 Å². The van der Waals surface area contributed by atoms with Crippen molar-refractivity contribution in [3.05, 3.63) is 40.7 Å². The van der Waals surface area contributed by atoms with Crippen molar-refractivity contribution in [1.29, 1.82) is 0 Å². The second-order valence-electron chi connectivity index (χ2n) is 4.28. The maximum Gasteiger partial charge on any atom is 0.277 e. The minimum absolute atomic E-state index is 0.00552. The van der Waals surface area contributed by atoms with E-state index in [-0.39, 0.29) is 17.5 Å². The first kappa shape index (κ1) is 14.1. The van der Waals surface area contributed by atoms with E-state index in [4.69, 9.17) is 16.0 Å². The smallest absolute Gasteiger partial charge is 0.277 e. The molecule has 6 heteroatoms. The number of carbonyl (C=O) groups is 1. The number of nitrogens with zero attached hydrogens (tertiary/aromatic N) is 2. The summed E-state index contributed by atoms with van der Waals surface area (Å²) in [6.45, 7) is 3.95. The molecule has 0 amide bonds. The first-order valence-corrected chi connectivity index (χ1v) is 7.17. The predicted molar refractivity (Wildman–Crippen MR) is 74.9 cm³/mol. The summed E-state index contributed by atoms with van der Waals surface area (Å²) in [5.41, 5.74) is 0.625. The molecular weight excluding hydrogens is 284 g/mol. The Morgan fingerprint density at radius 1 is 1.32 bits per heavy atom. The number of halogens is 1. The number of hydrogen-bond acceptors (Lipinski definition) is 5. The molecular formula is C13H13ClN2O2S. The van der Waals surface area contributed by atoms with E-state index in [0.717, 1.165) is 0 Å². The number of hydrogen-bond donors (Lipinski definition) is 0. The Labute approximate surface area is 120 Å². The fourth-order valence-electron chi connectivity index (χ4n) is 1.36. The molecule has 1 aromatic heterocycles. The van der Waals surface area contributed by atoms with Crippen LogP contribution in [0.1, 0.15) is 36.0 Å². The Morgan fingerprint density at radius 3 is 2.58 bits per heavy atom. The summed E-state index contributed by atoms with van der Waals surface area (Å²) in [6, 6.07) is 6.81. The molecule has 100 valence electrons. The number of ketones is 1. The highest BCUT2D eigenvalue weighted by atomic mass is 35.5. The zero-order chi connectivity index (χ0) is 13.8. The van der Waals surface area contributed by atoms with Gasteiger partial charge in [0.1, 0.15) is 0 Å². The van der Waals surface area contributed by atoms with E-state index < -0.39 is 0 Å². The molecule has 0 aliphatic rings. The predicted octanol–water partition coefficient (Wildman–Crippen LogP) is 3.82. The number of thioether (sulfide) groups is 1. The maximum atomic E-state index is 11.9. The summed E-state index contributed by atoms with van der Waals surface area (Å²) >= 11 is 7.01. The van der Waals surface area contributed by atoms with E-state index in [1.807, 2.05) is 13.8 Å². The fourth-order valence-corrected chi connectivity index (χ4v) is 2.15. The topological polar surface area (TPSA) is 56.0 Å². The zero-order valence-corrected chi connectivity index (χ0v) is 12.2. The first-order chi connectivity index (χ1) is 9.06. The van der Waals surface area contributed by atoms with Crippen molar-refractivity contribution in [2.24, 2.45) is 0 Å². The van der Waals surface area contributed by atoms with Gasteiger partial charge in [0, 0.05) is 16.5 Å². The highest BCUT2D eigenvalue weighted by Crippen LogP contribution is 2.21. The number of rotatable bonds is 5. The lowest BCUT2D eigenvalue weighted by Crippen LogP contribution is -2.01. The quantitative estimate of drug-likeness (QED) is 0.620. The first-order valence-electron chi connectivity index (χ1n) is 5.81. The number of Topliss-reactive ketones (excluding diaryl/α,β-unsaturated/α-hetero) is 1. The van der Waals surface area contributed by atoms with E-state index >= 15 is 0 Å². The van der Waals surface area contributed by atoms with E-state index in [9.17, 15) is 4.79 Å². The van der Waals surface area contributed by atoms with Gasteiger partial charge in [0.2, 0.25) is 5.89 Å². The van der Waals surface area contributed by atoms with Gasteiger partial charge < -0.3 is 4.42 Å². The molecule has 0 atom stereocenters. The van der Waals surface area contributed by atoms with Crippen molar-refractivity contribution >= 4 is 29.1 Å². The van der Waals surface area contributed by atoms with Crippen LogP contribution in [-0.4, -0.2) is 21.7 Å². The van der Waals surface area contributed by atoms with Crippen molar-refractivity contribution in [2.75, 3.05) is 5.75 Å². The Morgan fingerprint density at radius 2 is 2.00 bits per heavy atom. The van der Waals surface area contributed by atoms with Crippen molar-refractivity contribution in [3.8, 4) is 0 Å². The summed E-state index contributed by atoms with van der Waals surface area (Å²) < 4.78 is 5.42. The third-order valence-corrected chi connectivity index (χ3v) is 3.48. The molecule has 0 saturated heterocycles. The molecule has 0 aliphatic carbocycles. The summed E-state index contributed by atoms with van der Waals surface area (Å²) in [5.74, 6) is 1.04. The third-order valence-electron chi connectivity index (χ3n) is 2.41. The van der Waals surface area contributed by atoms with Gasteiger partial charge in [-0.05, 0) is 24.3 Å². The van der Waals surface area contributed by atoms with Crippen molar-refractivity contribution in [2.45, 2.75) is 25.0 Å². The van der Waals surface area contributed by atoms with Crippen LogP contribution in [0.5, 0.6) is 0 Å². The van der Waals surface area contributed by atoms with Gasteiger partial charge >= 0.3 is 0 Å². The van der Waals surface area contributed by atoms with Gasteiger partial charge in [-0.25, -0.2) is 0 Å². The van der Waals surface area contributed by atoms with Gasteiger partial charge in [0.25, 0.3) is 5.22 Å². The third kappa shape index (κ3) is 3.81. The highest BCUT2D eigenvalue weighted by Gasteiger charge is 2.12. The van der Waals surface area contributed by atoms with E-state index in [1.165, 1.54) is 11.8 Å². The molecule has 1 heterocycles. The molecule has 0 spiro atoms. The van der Waals surface area contributed by atoms with Gasteiger partial charge in [-0.3, -0.25) is 4.79 Å². The van der Waals surface area contributed by atoms with Crippen LogP contribution in [0, 0.1) is 0 Å². The molecule has 0 aliphatic heterocycles. The summed E-state index contributed by atoms with van der Waals surface area (Å²) in [5, 5.41) is 8.84. The Balaban J connectivity index is 1.94. The minimum atomic E-state index is 0.00552. The summed E-state index contributed by atoms with van der Waals surface area (Å²) in [6.07, 6.45) is 0. The van der Waals surface area contributed by atoms with Gasteiger partial charge in [0.15, 0.2) is 5.78 Å². The van der Waals surface area contributed by atoms with Crippen LogP contribution < -0.4 is 0 Å². The van der Waals surface area contributed by atoms with Crippen molar-refractivity contribution in [1.82, 2.24) is 10.2 Å². The molecule has 0 N–H and O–H groups in total. The van der Waals surface area contributed by atoms with E-state index in [2.05, 4.69) is 10.2 Å². The van der Waals surface area contributed by atoms with Gasteiger partial charge in [-0.2, -0.15) is 0 Å². The normalized spacial score (nSPS) is 10.9. The van der Waals surface area contributed by atoms with Crippen molar-refractivity contribution < 1.29 is 9.21 Å². The standard InChI is InChI=1S/C13H13ClN2O2S/c1-8(2)12-15-16-13(18-12)19-7-11(17)9-3-5-10(14)6-4-9/h3-6,8H,7H2,1-2H3. The monoisotopic (exact) mass is 296 g/mol. The average molecular weight is 297 g/mol. The second-order valence-corrected chi connectivity index (χ2v) is 5.64. The maximum absolute atomic E-state index is 11.9. The summed E-state index contributed by atoms with van der Waals surface area (Å²) in [4.78, 5) is 11.9. The minimum Gasteiger partial charge on any atom is -0.416 e. The van der Waals surface area contributed by atoms with Gasteiger partial charge in [-0.15, -0.1) is 10.2 Å². The summed E-state index contributed by atoms with van der Waals surface area (Å²) in [7, 11) is 0. The Bertz CT molecular complexity index is 566. The lowest BCUT2D eigenvalue weighted by Gasteiger charge is -1.99. The number of benzene rings is 1. The molecule has 2 rings (SSSR count). The van der Waals surface area contributed by atoms with Crippen molar-refractivity contribution in [3.63, 3.8) is 0 Å². The van der Waals surface area contributed by atoms with E-state index in [1.54, 1.807) is 24.3 Å². The molecule has 0 saturated carbocycles. The van der Waals surface area contributed by atoms with Crippen LogP contribution in [0.3, 0.4) is 0 Å². The Kier molecular flexibility index (Phi) is 4.61. The molecule has 4 nitrogen and oxygen atoms in total. The van der Waals surface area contributed by atoms with Gasteiger partial charge in [0.05, 0.1) is 5.75 Å². The molecule has 0 unspecified atom stereocenters. The SMILES string of the molecule is CC(C)c1nnc(SCC(=O)c2ccc(Cl)cc2)o1. The molecule has 0 radical (unpaired) electrons.